The fraction of sp³-hybridized carbons (Fsp3) is 0.700. The summed E-state index contributed by atoms with van der Waals surface area (Å²) in [4.78, 5) is 6.56. The number of hydrogen-bond acceptors (Lipinski definition) is 5. The van der Waals surface area contributed by atoms with E-state index in [1.807, 2.05) is 12.3 Å². The molecular weight excluding hydrogens is 272 g/mol. The van der Waals surface area contributed by atoms with Crippen molar-refractivity contribution in [2.75, 3.05) is 45.2 Å². The molecule has 0 unspecified atom stereocenters. The van der Waals surface area contributed by atoms with Gasteiger partial charge in [0.15, 0.2) is 5.13 Å². The first-order valence-corrected chi connectivity index (χ1v) is 8.03. The number of aromatic nitrogens is 1. The van der Waals surface area contributed by atoms with Crippen molar-refractivity contribution in [3.8, 4) is 0 Å². The molecule has 2 heterocycles. The van der Waals surface area contributed by atoms with Gasteiger partial charge in [0.25, 0.3) is 10.2 Å². The predicted molar refractivity (Wildman–Crippen MR) is 73.2 cm³/mol. The molecule has 1 aromatic heterocycles. The lowest BCUT2D eigenvalue weighted by molar-refractivity contribution is 0.355. The summed E-state index contributed by atoms with van der Waals surface area (Å²) in [6.45, 7) is 4.38. The van der Waals surface area contributed by atoms with Gasteiger partial charge in [0.2, 0.25) is 0 Å². The lowest BCUT2D eigenvalue weighted by atomic mass is 10.4. The molecule has 1 fully saturated rings. The number of nitrogens with zero attached hydrogens (tertiary/aromatic N) is 4. The maximum atomic E-state index is 12.0. The molecule has 102 valence electrons. The maximum absolute atomic E-state index is 12.0. The first-order valence-electron chi connectivity index (χ1n) is 5.76. The van der Waals surface area contributed by atoms with Crippen LogP contribution < -0.4 is 4.90 Å². The van der Waals surface area contributed by atoms with Crippen molar-refractivity contribution in [1.82, 2.24) is 13.6 Å². The summed E-state index contributed by atoms with van der Waals surface area (Å²) >= 11 is 1.61. The molecule has 2 rings (SSSR count). The van der Waals surface area contributed by atoms with Gasteiger partial charge in [-0.3, -0.25) is 0 Å². The van der Waals surface area contributed by atoms with Crippen LogP contribution in [0, 0.1) is 6.92 Å². The van der Waals surface area contributed by atoms with Gasteiger partial charge in [-0.05, 0) is 6.92 Å². The first kappa shape index (κ1) is 13.7. The van der Waals surface area contributed by atoms with E-state index in [0.29, 0.717) is 26.2 Å². The molecule has 8 heteroatoms. The van der Waals surface area contributed by atoms with E-state index >= 15 is 0 Å². The van der Waals surface area contributed by atoms with Crippen molar-refractivity contribution in [1.29, 1.82) is 0 Å². The van der Waals surface area contributed by atoms with Gasteiger partial charge in [-0.25, -0.2) is 4.98 Å². The molecule has 0 saturated carbocycles. The van der Waals surface area contributed by atoms with Crippen molar-refractivity contribution >= 4 is 26.7 Å². The van der Waals surface area contributed by atoms with Crippen molar-refractivity contribution in [2.45, 2.75) is 6.92 Å². The third-order valence-electron chi connectivity index (χ3n) is 2.90. The molecule has 0 radical (unpaired) electrons. The molecule has 6 nitrogen and oxygen atoms in total. The van der Waals surface area contributed by atoms with E-state index in [1.165, 1.54) is 8.61 Å². The van der Waals surface area contributed by atoms with Crippen LogP contribution in [0.1, 0.15) is 5.69 Å². The number of hydrogen-bond donors (Lipinski definition) is 0. The number of piperazine rings is 1. The summed E-state index contributed by atoms with van der Waals surface area (Å²) in [5.74, 6) is 0. The van der Waals surface area contributed by atoms with Crippen molar-refractivity contribution in [3.05, 3.63) is 11.1 Å². The van der Waals surface area contributed by atoms with E-state index in [2.05, 4.69) is 9.88 Å². The van der Waals surface area contributed by atoms with Gasteiger partial charge in [-0.15, -0.1) is 11.3 Å². The molecule has 1 aromatic rings. The Hall–Kier alpha value is -0.700. The second-order valence-electron chi connectivity index (χ2n) is 4.45. The Labute approximate surface area is 112 Å². The van der Waals surface area contributed by atoms with Crippen LogP contribution in [0.25, 0.3) is 0 Å². The molecule has 1 aliphatic heterocycles. The lowest BCUT2D eigenvalue weighted by Gasteiger charge is -2.34. The van der Waals surface area contributed by atoms with Gasteiger partial charge in [-0.2, -0.15) is 17.0 Å². The molecular formula is C10H18N4O2S2. The van der Waals surface area contributed by atoms with Gasteiger partial charge in [0.05, 0.1) is 5.69 Å². The van der Waals surface area contributed by atoms with E-state index in [4.69, 9.17) is 0 Å². The lowest BCUT2D eigenvalue weighted by Crippen LogP contribution is -2.51. The smallest absolute Gasteiger partial charge is 0.281 e. The highest BCUT2D eigenvalue weighted by Gasteiger charge is 2.29. The highest BCUT2D eigenvalue weighted by Crippen LogP contribution is 2.22. The minimum Gasteiger partial charge on any atom is -0.345 e. The predicted octanol–water partition coefficient (Wildman–Crippen LogP) is 0.380. The Kier molecular flexibility index (Phi) is 3.90. The van der Waals surface area contributed by atoms with E-state index in [-0.39, 0.29) is 0 Å². The molecule has 0 amide bonds. The Balaban J connectivity index is 2.01. The second-order valence-corrected chi connectivity index (χ2v) is 7.43. The van der Waals surface area contributed by atoms with E-state index < -0.39 is 10.2 Å². The summed E-state index contributed by atoms with van der Waals surface area (Å²) in [6, 6.07) is 0. The zero-order chi connectivity index (χ0) is 13.3. The number of rotatable bonds is 3. The standard InChI is InChI=1S/C10H18N4O2S2/c1-9-8-17-10(11-9)13-4-6-14(7-5-13)18(15,16)12(2)3/h8H,4-7H2,1-3H3. The highest BCUT2D eigenvalue weighted by molar-refractivity contribution is 7.86. The summed E-state index contributed by atoms with van der Waals surface area (Å²) in [5.41, 5.74) is 1.01. The van der Waals surface area contributed by atoms with Crippen LogP contribution >= 0.6 is 11.3 Å². The van der Waals surface area contributed by atoms with Crippen LogP contribution in [0.3, 0.4) is 0 Å². The number of thiazole rings is 1. The molecule has 1 saturated heterocycles. The second kappa shape index (κ2) is 5.12. The monoisotopic (exact) mass is 290 g/mol. The van der Waals surface area contributed by atoms with Gasteiger partial charge < -0.3 is 4.90 Å². The Morgan fingerprint density at radius 3 is 2.33 bits per heavy atom. The summed E-state index contributed by atoms with van der Waals surface area (Å²) in [5, 5.41) is 2.99. The summed E-state index contributed by atoms with van der Waals surface area (Å²) in [7, 11) is -0.155. The molecule has 0 aliphatic carbocycles. The van der Waals surface area contributed by atoms with Crippen molar-refractivity contribution in [2.24, 2.45) is 0 Å². The van der Waals surface area contributed by atoms with Gasteiger partial charge in [-0.1, -0.05) is 0 Å². The van der Waals surface area contributed by atoms with E-state index in [9.17, 15) is 8.42 Å². The molecule has 1 aliphatic rings. The average molecular weight is 290 g/mol. The molecule has 0 N–H and O–H groups in total. The molecule has 18 heavy (non-hydrogen) atoms. The Morgan fingerprint density at radius 2 is 1.89 bits per heavy atom. The molecule has 0 spiro atoms. The first-order chi connectivity index (χ1) is 8.41. The summed E-state index contributed by atoms with van der Waals surface area (Å²) < 4.78 is 26.7. The molecule has 0 aromatic carbocycles. The molecule has 0 bridgehead atoms. The fourth-order valence-electron chi connectivity index (χ4n) is 1.83. The highest BCUT2D eigenvalue weighted by atomic mass is 32.2. The van der Waals surface area contributed by atoms with Gasteiger partial charge in [0.1, 0.15) is 0 Å². The van der Waals surface area contributed by atoms with E-state index in [1.54, 1.807) is 25.4 Å². The van der Waals surface area contributed by atoms with Crippen LogP contribution in [0.4, 0.5) is 5.13 Å². The minimum atomic E-state index is -3.28. The third-order valence-corrected chi connectivity index (χ3v) is 5.86. The van der Waals surface area contributed by atoms with Gasteiger partial charge in [0, 0.05) is 45.7 Å². The average Bonchev–Trinajstić information content (AvgIpc) is 2.76. The van der Waals surface area contributed by atoms with E-state index in [0.717, 1.165) is 10.8 Å². The van der Waals surface area contributed by atoms with Crippen molar-refractivity contribution < 1.29 is 8.42 Å². The number of anilines is 1. The normalized spacial score (nSPS) is 18.6. The van der Waals surface area contributed by atoms with Crippen LogP contribution in [0.2, 0.25) is 0 Å². The Morgan fingerprint density at radius 1 is 1.28 bits per heavy atom. The zero-order valence-corrected chi connectivity index (χ0v) is 12.5. The largest absolute Gasteiger partial charge is 0.345 e. The van der Waals surface area contributed by atoms with Crippen LogP contribution in [0.5, 0.6) is 0 Å². The number of aryl methyl sites for hydroxylation is 1. The third kappa shape index (κ3) is 2.66. The molecule has 0 atom stereocenters. The van der Waals surface area contributed by atoms with Crippen molar-refractivity contribution in [3.63, 3.8) is 0 Å². The quantitative estimate of drug-likeness (QED) is 0.807. The summed E-state index contributed by atoms with van der Waals surface area (Å²) in [6.07, 6.45) is 0. The topological polar surface area (TPSA) is 56.8 Å². The van der Waals surface area contributed by atoms with Crippen LogP contribution in [-0.4, -0.2) is 62.3 Å². The Bertz CT molecular complexity index is 504. The minimum absolute atomic E-state index is 0.513. The fourth-order valence-corrected chi connectivity index (χ4v) is 3.77. The van der Waals surface area contributed by atoms with Crippen LogP contribution in [-0.2, 0) is 10.2 Å². The zero-order valence-electron chi connectivity index (χ0n) is 10.8. The SMILES string of the molecule is Cc1csc(N2CCN(S(=O)(=O)N(C)C)CC2)n1. The maximum Gasteiger partial charge on any atom is 0.281 e. The van der Waals surface area contributed by atoms with Crippen LogP contribution in [0.15, 0.2) is 5.38 Å². The van der Waals surface area contributed by atoms with Gasteiger partial charge >= 0.3 is 0 Å².